The van der Waals surface area contributed by atoms with Crippen LogP contribution in [0.5, 0.6) is 0 Å². The minimum absolute atomic E-state index is 0.412. The lowest BCUT2D eigenvalue weighted by Crippen LogP contribution is -2.34. The van der Waals surface area contributed by atoms with Crippen LogP contribution < -0.4 is 5.32 Å². The van der Waals surface area contributed by atoms with Crippen molar-refractivity contribution in [2.75, 3.05) is 6.54 Å². The van der Waals surface area contributed by atoms with Gasteiger partial charge in [0.15, 0.2) is 0 Å². The van der Waals surface area contributed by atoms with Crippen molar-refractivity contribution in [3.8, 4) is 0 Å². The zero-order valence-corrected chi connectivity index (χ0v) is 11.8. The van der Waals surface area contributed by atoms with Crippen molar-refractivity contribution in [1.29, 1.82) is 0 Å². The highest BCUT2D eigenvalue weighted by atomic mass is 16.3. The molecule has 0 aromatic heterocycles. The van der Waals surface area contributed by atoms with Crippen LogP contribution in [0.15, 0.2) is 36.9 Å². The largest absolute Gasteiger partial charge is 0.387 e. The first-order valence-electron chi connectivity index (χ1n) is 7.29. The smallest absolute Gasteiger partial charge is 0.0914 e. The van der Waals surface area contributed by atoms with Gasteiger partial charge in [0.25, 0.3) is 0 Å². The summed E-state index contributed by atoms with van der Waals surface area (Å²) in [5, 5.41) is 13.8. The van der Waals surface area contributed by atoms with Crippen molar-refractivity contribution in [1.82, 2.24) is 5.32 Å². The van der Waals surface area contributed by atoms with Gasteiger partial charge in [0.2, 0.25) is 0 Å². The van der Waals surface area contributed by atoms with Crippen LogP contribution in [0.1, 0.15) is 42.9 Å². The summed E-state index contributed by atoms with van der Waals surface area (Å²) >= 11 is 0. The van der Waals surface area contributed by atoms with E-state index in [2.05, 4.69) is 31.0 Å². The maximum absolute atomic E-state index is 10.2. The second kappa shape index (κ2) is 6.88. The van der Waals surface area contributed by atoms with Gasteiger partial charge in [-0.3, -0.25) is 0 Å². The Labute approximate surface area is 116 Å². The number of hydrogen-bond donors (Lipinski definition) is 2. The normalized spacial score (nSPS) is 18.0. The fourth-order valence-electron chi connectivity index (χ4n) is 2.56. The maximum Gasteiger partial charge on any atom is 0.0914 e. The monoisotopic (exact) mass is 259 g/mol. The van der Waals surface area contributed by atoms with Crippen LogP contribution in [0, 0.1) is 12.8 Å². The Morgan fingerprint density at radius 2 is 2.26 bits per heavy atom. The summed E-state index contributed by atoms with van der Waals surface area (Å²) in [6.07, 6.45) is 6.41. The van der Waals surface area contributed by atoms with Crippen LogP contribution in [-0.4, -0.2) is 17.7 Å². The predicted octanol–water partition coefficient (Wildman–Crippen LogP) is 3.36. The van der Waals surface area contributed by atoms with E-state index in [1.54, 1.807) is 0 Å². The van der Waals surface area contributed by atoms with Gasteiger partial charge in [-0.25, -0.2) is 0 Å². The van der Waals surface area contributed by atoms with Gasteiger partial charge in [-0.05, 0) is 44.1 Å². The number of aliphatic hydroxyl groups excluding tert-OH is 1. The molecule has 1 aliphatic rings. The molecule has 0 radical (unpaired) electrons. The lowest BCUT2D eigenvalue weighted by molar-refractivity contribution is 0.167. The topological polar surface area (TPSA) is 32.3 Å². The van der Waals surface area contributed by atoms with Gasteiger partial charge < -0.3 is 10.4 Å². The predicted molar refractivity (Wildman–Crippen MR) is 80.1 cm³/mol. The van der Waals surface area contributed by atoms with Crippen molar-refractivity contribution in [3.63, 3.8) is 0 Å². The average molecular weight is 259 g/mol. The quantitative estimate of drug-likeness (QED) is 0.702. The van der Waals surface area contributed by atoms with E-state index < -0.39 is 6.10 Å². The Morgan fingerprint density at radius 1 is 1.47 bits per heavy atom. The van der Waals surface area contributed by atoms with E-state index in [0.717, 1.165) is 24.3 Å². The first-order chi connectivity index (χ1) is 9.20. The van der Waals surface area contributed by atoms with Crippen LogP contribution in [0.2, 0.25) is 0 Å². The molecule has 2 unspecified atom stereocenters. The number of aliphatic hydroxyl groups is 1. The average Bonchev–Trinajstić information content (AvgIpc) is 3.23. The number of benzene rings is 1. The summed E-state index contributed by atoms with van der Waals surface area (Å²) in [5.41, 5.74) is 2.20. The second-order valence-corrected chi connectivity index (χ2v) is 5.65. The first-order valence-corrected chi connectivity index (χ1v) is 7.29. The molecule has 0 aliphatic heterocycles. The molecule has 104 valence electrons. The van der Waals surface area contributed by atoms with Gasteiger partial charge in [0.05, 0.1) is 6.10 Å². The van der Waals surface area contributed by atoms with Crippen molar-refractivity contribution >= 4 is 0 Å². The number of rotatable bonds is 8. The van der Waals surface area contributed by atoms with E-state index in [9.17, 15) is 5.11 Å². The Bertz CT molecular complexity index is 411. The molecule has 0 amide bonds. The maximum atomic E-state index is 10.2. The first kappa shape index (κ1) is 14.3. The third-order valence-corrected chi connectivity index (χ3v) is 3.87. The standard InChI is InChI=1S/C17H25NO/c1-3-4-8-16(14-9-10-14)18-12-17(19)15-7-5-6-13(2)11-15/h3,5-7,11,14,16-19H,1,4,8-10,12H2,2H3. The molecule has 1 aliphatic carbocycles. The van der Waals surface area contributed by atoms with Crippen LogP contribution >= 0.6 is 0 Å². The molecule has 2 rings (SSSR count). The third kappa shape index (κ3) is 4.48. The minimum atomic E-state index is -0.412. The molecule has 0 heterocycles. The Hall–Kier alpha value is -1.12. The van der Waals surface area contributed by atoms with Crippen molar-refractivity contribution < 1.29 is 5.11 Å². The minimum Gasteiger partial charge on any atom is -0.387 e. The highest BCUT2D eigenvalue weighted by Crippen LogP contribution is 2.34. The molecule has 2 atom stereocenters. The number of allylic oxidation sites excluding steroid dienone is 1. The Morgan fingerprint density at radius 3 is 2.89 bits per heavy atom. The summed E-state index contributed by atoms with van der Waals surface area (Å²) in [5.74, 6) is 0.810. The van der Waals surface area contributed by atoms with Gasteiger partial charge in [0, 0.05) is 12.6 Å². The molecular formula is C17H25NO. The summed E-state index contributed by atoms with van der Waals surface area (Å²) < 4.78 is 0. The molecule has 1 fully saturated rings. The number of nitrogens with one attached hydrogen (secondary N) is 1. The summed E-state index contributed by atoms with van der Waals surface area (Å²) in [6, 6.07) is 8.65. The van der Waals surface area contributed by atoms with E-state index in [0.29, 0.717) is 12.6 Å². The van der Waals surface area contributed by atoms with E-state index in [1.807, 2.05) is 18.2 Å². The van der Waals surface area contributed by atoms with Gasteiger partial charge in [-0.1, -0.05) is 35.9 Å². The molecule has 0 bridgehead atoms. The fourth-order valence-corrected chi connectivity index (χ4v) is 2.56. The summed E-state index contributed by atoms with van der Waals surface area (Å²) in [4.78, 5) is 0. The van der Waals surface area contributed by atoms with E-state index in [1.165, 1.54) is 18.4 Å². The molecule has 1 aromatic rings. The Balaban J connectivity index is 1.84. The van der Waals surface area contributed by atoms with Crippen LogP contribution in [-0.2, 0) is 0 Å². The van der Waals surface area contributed by atoms with Crippen molar-refractivity contribution in [2.24, 2.45) is 5.92 Å². The van der Waals surface area contributed by atoms with E-state index in [-0.39, 0.29) is 0 Å². The Kier molecular flexibility index (Phi) is 5.17. The molecule has 19 heavy (non-hydrogen) atoms. The van der Waals surface area contributed by atoms with Gasteiger partial charge in [0.1, 0.15) is 0 Å². The molecule has 0 saturated heterocycles. The number of hydrogen-bond acceptors (Lipinski definition) is 2. The van der Waals surface area contributed by atoms with Gasteiger partial charge >= 0.3 is 0 Å². The summed E-state index contributed by atoms with van der Waals surface area (Å²) in [6.45, 7) is 6.48. The molecule has 0 spiro atoms. The van der Waals surface area contributed by atoms with Crippen molar-refractivity contribution in [2.45, 2.75) is 44.8 Å². The highest BCUT2D eigenvalue weighted by molar-refractivity contribution is 5.24. The molecule has 1 aromatic carbocycles. The molecule has 1 saturated carbocycles. The SMILES string of the molecule is C=CCCC(NCC(O)c1cccc(C)c1)C1CC1. The third-order valence-electron chi connectivity index (χ3n) is 3.87. The zero-order chi connectivity index (χ0) is 13.7. The van der Waals surface area contributed by atoms with Crippen LogP contribution in [0.4, 0.5) is 0 Å². The summed E-state index contributed by atoms with van der Waals surface area (Å²) in [7, 11) is 0. The van der Waals surface area contributed by atoms with E-state index in [4.69, 9.17) is 0 Å². The molecular weight excluding hydrogens is 234 g/mol. The van der Waals surface area contributed by atoms with E-state index >= 15 is 0 Å². The molecule has 2 N–H and O–H groups in total. The lowest BCUT2D eigenvalue weighted by Gasteiger charge is -2.20. The zero-order valence-electron chi connectivity index (χ0n) is 11.8. The fraction of sp³-hybridized carbons (Fsp3) is 0.529. The van der Waals surface area contributed by atoms with Crippen LogP contribution in [0.25, 0.3) is 0 Å². The molecule has 2 nitrogen and oxygen atoms in total. The number of aryl methyl sites for hydroxylation is 1. The van der Waals surface area contributed by atoms with Crippen LogP contribution in [0.3, 0.4) is 0 Å². The molecule has 2 heteroatoms. The lowest BCUT2D eigenvalue weighted by atomic mass is 10.0. The highest BCUT2D eigenvalue weighted by Gasteiger charge is 2.30. The second-order valence-electron chi connectivity index (χ2n) is 5.65. The van der Waals surface area contributed by atoms with Gasteiger partial charge in [-0.2, -0.15) is 0 Å². The van der Waals surface area contributed by atoms with Gasteiger partial charge in [-0.15, -0.1) is 6.58 Å². The van der Waals surface area contributed by atoms with Crippen molar-refractivity contribution in [3.05, 3.63) is 48.0 Å².